The number of aromatic nitrogens is 1. The van der Waals surface area contributed by atoms with Gasteiger partial charge in [-0.15, -0.1) is 0 Å². The fourth-order valence-corrected chi connectivity index (χ4v) is 2.98. The van der Waals surface area contributed by atoms with Crippen LogP contribution in [0.4, 0.5) is 15.2 Å². The lowest BCUT2D eigenvalue weighted by molar-refractivity contribution is 0.632. The normalized spacial score (nSPS) is 10.9. The fourth-order valence-electron chi connectivity index (χ4n) is 1.85. The second-order valence-electron chi connectivity index (χ2n) is 4.19. The Labute approximate surface area is 118 Å². The minimum atomic E-state index is -0.347. The number of halogens is 2. The van der Waals surface area contributed by atoms with Gasteiger partial charge in [0.15, 0.2) is 5.13 Å². The number of hydrogen-bond acceptors (Lipinski definition) is 3. The molecule has 0 saturated carbocycles. The molecule has 3 aromatic rings. The smallest absolute Gasteiger partial charge is 0.188 e. The molecule has 0 spiro atoms. The van der Waals surface area contributed by atoms with E-state index in [1.807, 2.05) is 25.1 Å². The van der Waals surface area contributed by atoms with Gasteiger partial charge in [-0.25, -0.2) is 9.37 Å². The van der Waals surface area contributed by atoms with Crippen molar-refractivity contribution in [1.82, 2.24) is 4.98 Å². The lowest BCUT2D eigenvalue weighted by Gasteiger charge is -2.04. The maximum absolute atomic E-state index is 13.6. The van der Waals surface area contributed by atoms with E-state index in [1.54, 1.807) is 6.07 Å². The minimum Gasteiger partial charge on any atom is -0.329 e. The molecule has 0 amide bonds. The average molecular weight is 293 g/mol. The van der Waals surface area contributed by atoms with E-state index in [-0.39, 0.29) is 5.82 Å². The van der Waals surface area contributed by atoms with Crippen molar-refractivity contribution in [2.75, 3.05) is 5.32 Å². The summed E-state index contributed by atoms with van der Waals surface area (Å²) in [6, 6.07) is 10.4. The summed E-state index contributed by atoms with van der Waals surface area (Å²) in [5.74, 6) is -0.347. The monoisotopic (exact) mass is 292 g/mol. The average Bonchev–Trinajstić information content (AvgIpc) is 2.78. The predicted octanol–water partition coefficient (Wildman–Crippen LogP) is 5.14. The minimum absolute atomic E-state index is 0.337. The Kier molecular flexibility index (Phi) is 3.12. The summed E-state index contributed by atoms with van der Waals surface area (Å²) in [5.41, 5.74) is 2.38. The van der Waals surface area contributed by atoms with Crippen LogP contribution in [-0.2, 0) is 0 Å². The number of thiazole rings is 1. The molecule has 0 radical (unpaired) electrons. The number of rotatable bonds is 2. The highest BCUT2D eigenvalue weighted by atomic mass is 35.5. The fraction of sp³-hybridized carbons (Fsp3) is 0.0714. The highest BCUT2D eigenvalue weighted by molar-refractivity contribution is 7.22. The molecule has 0 fully saturated rings. The number of nitrogens with one attached hydrogen (secondary N) is 1. The van der Waals surface area contributed by atoms with E-state index in [2.05, 4.69) is 10.3 Å². The highest BCUT2D eigenvalue weighted by Crippen LogP contribution is 2.31. The zero-order valence-corrected chi connectivity index (χ0v) is 11.6. The SMILES string of the molecule is Cc1cccc2sc(Nc3cc(Cl)ccc3F)nc12. The molecule has 0 unspecified atom stereocenters. The summed E-state index contributed by atoms with van der Waals surface area (Å²) in [4.78, 5) is 4.48. The number of aryl methyl sites for hydroxylation is 1. The van der Waals surface area contributed by atoms with Crippen molar-refractivity contribution in [1.29, 1.82) is 0 Å². The molecule has 3 rings (SSSR count). The first-order valence-electron chi connectivity index (χ1n) is 5.72. The Morgan fingerprint density at radius 2 is 2.11 bits per heavy atom. The quantitative estimate of drug-likeness (QED) is 0.707. The van der Waals surface area contributed by atoms with E-state index in [0.29, 0.717) is 15.8 Å². The Hall–Kier alpha value is -1.65. The van der Waals surface area contributed by atoms with Crippen LogP contribution in [-0.4, -0.2) is 4.98 Å². The standard InChI is InChI=1S/C14H10ClFN2S/c1-8-3-2-4-12-13(8)18-14(19-12)17-11-7-9(15)5-6-10(11)16/h2-7H,1H3,(H,17,18). The van der Waals surface area contributed by atoms with Gasteiger partial charge >= 0.3 is 0 Å². The van der Waals surface area contributed by atoms with Crippen LogP contribution in [0.1, 0.15) is 5.56 Å². The summed E-state index contributed by atoms with van der Waals surface area (Å²) < 4.78 is 14.7. The molecule has 0 aliphatic heterocycles. The molecule has 1 heterocycles. The lowest BCUT2D eigenvalue weighted by atomic mass is 10.2. The molecule has 96 valence electrons. The molecule has 0 aliphatic rings. The molecule has 2 nitrogen and oxygen atoms in total. The van der Waals surface area contributed by atoms with E-state index < -0.39 is 0 Å². The van der Waals surface area contributed by atoms with Gasteiger partial charge in [0.05, 0.1) is 15.9 Å². The van der Waals surface area contributed by atoms with Crippen LogP contribution >= 0.6 is 22.9 Å². The summed E-state index contributed by atoms with van der Waals surface area (Å²) in [5, 5.41) is 4.12. The van der Waals surface area contributed by atoms with Crippen LogP contribution < -0.4 is 5.32 Å². The van der Waals surface area contributed by atoms with Gasteiger partial charge in [0.25, 0.3) is 0 Å². The summed E-state index contributed by atoms with van der Waals surface area (Å²) in [7, 11) is 0. The van der Waals surface area contributed by atoms with Crippen molar-refractivity contribution < 1.29 is 4.39 Å². The second kappa shape index (κ2) is 4.79. The van der Waals surface area contributed by atoms with Gasteiger partial charge in [0, 0.05) is 5.02 Å². The molecule has 19 heavy (non-hydrogen) atoms. The van der Waals surface area contributed by atoms with Crippen LogP contribution in [0.3, 0.4) is 0 Å². The maximum Gasteiger partial charge on any atom is 0.188 e. The van der Waals surface area contributed by atoms with E-state index in [1.165, 1.54) is 23.5 Å². The lowest BCUT2D eigenvalue weighted by Crippen LogP contribution is -1.92. The largest absolute Gasteiger partial charge is 0.329 e. The van der Waals surface area contributed by atoms with Gasteiger partial charge in [-0.2, -0.15) is 0 Å². The molecule has 0 atom stereocenters. The number of benzene rings is 2. The summed E-state index contributed by atoms with van der Waals surface area (Å²) >= 11 is 7.35. The van der Waals surface area contributed by atoms with Crippen LogP contribution in [0.2, 0.25) is 5.02 Å². The third-order valence-electron chi connectivity index (χ3n) is 2.79. The number of para-hydroxylation sites is 1. The van der Waals surface area contributed by atoms with Gasteiger partial charge in [0.2, 0.25) is 0 Å². The van der Waals surface area contributed by atoms with E-state index in [0.717, 1.165) is 15.8 Å². The Morgan fingerprint density at radius 1 is 1.26 bits per heavy atom. The summed E-state index contributed by atoms with van der Waals surface area (Å²) in [6.45, 7) is 2.01. The molecule has 1 N–H and O–H groups in total. The molecular formula is C14H10ClFN2S. The van der Waals surface area contributed by atoms with Gasteiger partial charge in [0.1, 0.15) is 5.82 Å². The first-order valence-corrected chi connectivity index (χ1v) is 6.91. The molecule has 1 aromatic heterocycles. The molecule has 2 aromatic carbocycles. The number of anilines is 2. The van der Waals surface area contributed by atoms with Crippen LogP contribution in [0, 0.1) is 12.7 Å². The molecule has 5 heteroatoms. The van der Waals surface area contributed by atoms with Crippen molar-refractivity contribution in [2.24, 2.45) is 0 Å². The second-order valence-corrected chi connectivity index (χ2v) is 5.66. The first-order chi connectivity index (χ1) is 9.13. The van der Waals surface area contributed by atoms with Crippen molar-refractivity contribution >= 4 is 44.0 Å². The van der Waals surface area contributed by atoms with E-state index in [9.17, 15) is 4.39 Å². The van der Waals surface area contributed by atoms with Gasteiger partial charge in [-0.3, -0.25) is 0 Å². The third kappa shape index (κ3) is 2.41. The van der Waals surface area contributed by atoms with E-state index in [4.69, 9.17) is 11.6 Å². The van der Waals surface area contributed by atoms with Crippen molar-refractivity contribution in [3.8, 4) is 0 Å². The van der Waals surface area contributed by atoms with Crippen LogP contribution in [0.15, 0.2) is 36.4 Å². The van der Waals surface area contributed by atoms with Crippen molar-refractivity contribution in [2.45, 2.75) is 6.92 Å². The topological polar surface area (TPSA) is 24.9 Å². The van der Waals surface area contributed by atoms with Crippen LogP contribution in [0.5, 0.6) is 0 Å². The molecular weight excluding hydrogens is 283 g/mol. The van der Waals surface area contributed by atoms with Crippen molar-refractivity contribution in [3.63, 3.8) is 0 Å². The number of fused-ring (bicyclic) bond motifs is 1. The summed E-state index contributed by atoms with van der Waals surface area (Å²) in [6.07, 6.45) is 0. The maximum atomic E-state index is 13.6. The Balaban J connectivity index is 2.01. The van der Waals surface area contributed by atoms with Gasteiger partial charge < -0.3 is 5.32 Å². The van der Waals surface area contributed by atoms with Gasteiger partial charge in [-0.05, 0) is 36.8 Å². The third-order valence-corrected chi connectivity index (χ3v) is 3.96. The molecule has 0 bridgehead atoms. The predicted molar refractivity (Wildman–Crippen MR) is 79.0 cm³/mol. The van der Waals surface area contributed by atoms with E-state index >= 15 is 0 Å². The molecule has 0 aliphatic carbocycles. The van der Waals surface area contributed by atoms with Crippen molar-refractivity contribution in [3.05, 3.63) is 52.8 Å². The Morgan fingerprint density at radius 3 is 2.89 bits per heavy atom. The number of nitrogens with zero attached hydrogens (tertiary/aromatic N) is 1. The zero-order valence-electron chi connectivity index (χ0n) is 10.1. The number of hydrogen-bond donors (Lipinski definition) is 1. The Bertz CT molecular complexity index is 754. The molecule has 0 saturated heterocycles. The van der Waals surface area contributed by atoms with Crippen LogP contribution in [0.25, 0.3) is 10.2 Å². The first kappa shape index (κ1) is 12.4. The highest BCUT2D eigenvalue weighted by Gasteiger charge is 2.08. The van der Waals surface area contributed by atoms with Gasteiger partial charge in [-0.1, -0.05) is 35.1 Å². The zero-order chi connectivity index (χ0) is 13.4.